The van der Waals surface area contributed by atoms with Crippen molar-refractivity contribution in [1.82, 2.24) is 20.1 Å². The first-order valence-corrected chi connectivity index (χ1v) is 10.4. The molecule has 33 heavy (non-hydrogen) atoms. The highest BCUT2D eigenvalue weighted by Gasteiger charge is 2.19. The summed E-state index contributed by atoms with van der Waals surface area (Å²) in [5.74, 6) is -1.15. The normalized spacial score (nSPS) is 11.9. The van der Waals surface area contributed by atoms with E-state index in [1.807, 2.05) is 13.2 Å². The molecule has 4 rings (SSSR count). The van der Waals surface area contributed by atoms with Gasteiger partial charge in [-0.05, 0) is 41.5 Å². The van der Waals surface area contributed by atoms with E-state index in [9.17, 15) is 14.3 Å². The van der Waals surface area contributed by atoms with Crippen LogP contribution < -0.4 is 11.1 Å². The zero-order valence-electron chi connectivity index (χ0n) is 17.7. The number of pyridine rings is 1. The zero-order valence-corrected chi connectivity index (χ0v) is 18.4. The number of aryl methyl sites for hydroxylation is 1. The van der Waals surface area contributed by atoms with Crippen molar-refractivity contribution in [2.45, 2.75) is 6.04 Å². The Labute approximate surface area is 194 Å². The number of rotatable bonds is 6. The van der Waals surface area contributed by atoms with Crippen molar-refractivity contribution in [3.05, 3.63) is 89.1 Å². The summed E-state index contributed by atoms with van der Waals surface area (Å²) < 4.78 is 16.6. The Bertz CT molecular complexity index is 1320. The molecule has 0 aliphatic heterocycles. The fourth-order valence-corrected chi connectivity index (χ4v) is 3.69. The Kier molecular flexibility index (Phi) is 6.39. The van der Waals surface area contributed by atoms with Crippen molar-refractivity contribution >= 4 is 23.3 Å². The first-order valence-electron chi connectivity index (χ1n) is 10.1. The summed E-state index contributed by atoms with van der Waals surface area (Å²) in [4.78, 5) is 16.9. The van der Waals surface area contributed by atoms with Crippen LogP contribution in [0.3, 0.4) is 0 Å². The molecule has 0 saturated heterocycles. The molecular formula is C24H21ClFN5O2. The summed E-state index contributed by atoms with van der Waals surface area (Å²) in [5.41, 5.74) is 9.14. The molecule has 4 aromatic rings. The first kappa shape index (κ1) is 22.4. The largest absolute Gasteiger partial charge is 0.394 e. The van der Waals surface area contributed by atoms with Crippen LogP contribution in [-0.2, 0) is 7.05 Å². The lowest BCUT2D eigenvalue weighted by Gasteiger charge is -2.17. The molecule has 1 atom stereocenters. The number of carbonyl (C=O) groups excluding carboxylic acids is 1. The fourth-order valence-electron chi connectivity index (χ4n) is 3.50. The minimum absolute atomic E-state index is 0.158. The van der Waals surface area contributed by atoms with Crippen molar-refractivity contribution in [1.29, 1.82) is 0 Å². The van der Waals surface area contributed by atoms with Crippen molar-refractivity contribution in [3.63, 3.8) is 0 Å². The third kappa shape index (κ3) is 4.87. The number of aliphatic hydroxyl groups excluding tert-OH is 1. The van der Waals surface area contributed by atoms with Gasteiger partial charge in [-0.3, -0.25) is 9.48 Å². The average molecular weight is 466 g/mol. The number of nitrogens with one attached hydrogen (secondary N) is 1. The molecular weight excluding hydrogens is 445 g/mol. The predicted molar refractivity (Wildman–Crippen MR) is 125 cm³/mol. The highest BCUT2D eigenvalue weighted by molar-refractivity contribution is 6.30. The Morgan fingerprint density at radius 3 is 2.67 bits per heavy atom. The van der Waals surface area contributed by atoms with Crippen LogP contribution >= 0.6 is 11.6 Å². The maximum absolute atomic E-state index is 14.9. The van der Waals surface area contributed by atoms with E-state index in [2.05, 4.69) is 15.4 Å². The van der Waals surface area contributed by atoms with Gasteiger partial charge in [-0.15, -0.1) is 0 Å². The lowest BCUT2D eigenvalue weighted by atomic mass is 10.0. The number of halogens is 2. The van der Waals surface area contributed by atoms with Crippen LogP contribution in [-0.4, -0.2) is 32.4 Å². The SMILES string of the molecule is Cn1cc(-c2cnc(N)c(-c3ccc(C(=O)NC(CO)c4cccc(Cl)c4)c(F)c3)c2)cn1. The minimum atomic E-state index is -0.730. The van der Waals surface area contributed by atoms with E-state index in [0.717, 1.165) is 11.1 Å². The number of amides is 1. The van der Waals surface area contributed by atoms with E-state index in [4.69, 9.17) is 17.3 Å². The smallest absolute Gasteiger partial charge is 0.254 e. The molecule has 4 N–H and O–H groups in total. The molecule has 2 heterocycles. The van der Waals surface area contributed by atoms with Gasteiger partial charge in [0, 0.05) is 41.2 Å². The summed E-state index contributed by atoms with van der Waals surface area (Å²) >= 11 is 5.99. The summed E-state index contributed by atoms with van der Waals surface area (Å²) in [5, 5.41) is 17.0. The number of aromatic nitrogens is 3. The molecule has 0 bridgehead atoms. The molecule has 0 radical (unpaired) electrons. The Balaban J connectivity index is 1.60. The summed E-state index contributed by atoms with van der Waals surface area (Å²) in [6.45, 7) is -0.366. The first-order chi connectivity index (χ1) is 15.9. The van der Waals surface area contributed by atoms with Gasteiger partial charge in [0.15, 0.2) is 0 Å². The van der Waals surface area contributed by atoms with Crippen LogP contribution in [0, 0.1) is 5.82 Å². The molecule has 0 spiro atoms. The maximum atomic E-state index is 14.9. The van der Waals surface area contributed by atoms with Gasteiger partial charge in [0.05, 0.1) is 24.4 Å². The standard InChI is InChI=1S/C24H21ClFN5O2/c1-31-12-17(11-29-31)16-8-20(23(27)28-10-16)14-5-6-19(21(26)9-14)24(33)30-22(13-32)15-3-2-4-18(25)7-15/h2-12,22,32H,13H2,1H3,(H2,27,28)(H,30,33). The van der Waals surface area contributed by atoms with Crippen molar-refractivity contribution in [3.8, 4) is 22.3 Å². The van der Waals surface area contributed by atoms with Crippen LogP contribution in [0.1, 0.15) is 22.0 Å². The van der Waals surface area contributed by atoms with Crippen LogP contribution in [0.4, 0.5) is 10.2 Å². The van der Waals surface area contributed by atoms with E-state index in [-0.39, 0.29) is 18.0 Å². The molecule has 1 amide bonds. The van der Waals surface area contributed by atoms with Crippen molar-refractivity contribution in [2.75, 3.05) is 12.3 Å². The van der Waals surface area contributed by atoms with Gasteiger partial charge in [-0.2, -0.15) is 5.10 Å². The zero-order chi connectivity index (χ0) is 23.5. The quantitative estimate of drug-likeness (QED) is 0.399. The van der Waals surface area contributed by atoms with Gasteiger partial charge in [0.2, 0.25) is 0 Å². The summed E-state index contributed by atoms with van der Waals surface area (Å²) in [7, 11) is 1.81. The average Bonchev–Trinajstić information content (AvgIpc) is 3.23. The van der Waals surface area contributed by atoms with Crippen LogP contribution in [0.25, 0.3) is 22.3 Å². The lowest BCUT2D eigenvalue weighted by molar-refractivity contribution is 0.0912. The molecule has 2 aromatic heterocycles. The van der Waals surface area contributed by atoms with E-state index < -0.39 is 17.8 Å². The monoisotopic (exact) mass is 465 g/mol. The van der Waals surface area contributed by atoms with Gasteiger partial charge < -0.3 is 16.2 Å². The number of benzene rings is 2. The van der Waals surface area contributed by atoms with Gasteiger partial charge in [-0.25, -0.2) is 9.37 Å². The predicted octanol–water partition coefficient (Wildman–Crippen LogP) is 3.99. The third-order valence-corrected chi connectivity index (χ3v) is 5.46. The molecule has 1 unspecified atom stereocenters. The second kappa shape index (κ2) is 9.40. The number of hydrogen-bond donors (Lipinski definition) is 3. The molecule has 0 saturated carbocycles. The Morgan fingerprint density at radius 1 is 1.18 bits per heavy atom. The molecule has 9 heteroatoms. The van der Waals surface area contributed by atoms with E-state index in [0.29, 0.717) is 21.7 Å². The molecule has 0 fully saturated rings. The highest BCUT2D eigenvalue weighted by atomic mass is 35.5. The minimum Gasteiger partial charge on any atom is -0.394 e. The van der Waals surface area contributed by atoms with Gasteiger partial charge in [0.1, 0.15) is 11.6 Å². The molecule has 7 nitrogen and oxygen atoms in total. The topological polar surface area (TPSA) is 106 Å². The fraction of sp³-hybridized carbons (Fsp3) is 0.125. The number of nitrogens with zero attached hydrogens (tertiary/aromatic N) is 3. The number of nitrogens with two attached hydrogens (primary N) is 1. The lowest BCUT2D eigenvalue weighted by Crippen LogP contribution is -2.31. The number of anilines is 1. The third-order valence-electron chi connectivity index (χ3n) is 5.22. The van der Waals surface area contributed by atoms with Crippen LogP contribution in [0.5, 0.6) is 0 Å². The summed E-state index contributed by atoms with van der Waals surface area (Å²) in [6.07, 6.45) is 5.16. The highest BCUT2D eigenvalue weighted by Crippen LogP contribution is 2.30. The van der Waals surface area contributed by atoms with Gasteiger partial charge in [0.25, 0.3) is 5.91 Å². The van der Waals surface area contributed by atoms with Crippen LogP contribution in [0.15, 0.2) is 67.1 Å². The van der Waals surface area contributed by atoms with Crippen molar-refractivity contribution in [2.24, 2.45) is 7.05 Å². The summed E-state index contributed by atoms with van der Waals surface area (Å²) in [6, 6.07) is 12.0. The van der Waals surface area contributed by atoms with Crippen LogP contribution in [0.2, 0.25) is 5.02 Å². The number of carbonyl (C=O) groups is 1. The second-order valence-corrected chi connectivity index (χ2v) is 7.95. The molecule has 168 valence electrons. The Morgan fingerprint density at radius 2 is 2.00 bits per heavy atom. The molecule has 0 aliphatic rings. The van der Waals surface area contributed by atoms with E-state index in [1.54, 1.807) is 53.5 Å². The molecule has 0 aliphatic carbocycles. The number of aliphatic hydroxyl groups is 1. The number of hydrogen-bond acceptors (Lipinski definition) is 5. The second-order valence-electron chi connectivity index (χ2n) is 7.52. The van der Waals surface area contributed by atoms with E-state index in [1.165, 1.54) is 12.1 Å². The maximum Gasteiger partial charge on any atom is 0.254 e. The van der Waals surface area contributed by atoms with Gasteiger partial charge in [-0.1, -0.05) is 29.8 Å². The van der Waals surface area contributed by atoms with Gasteiger partial charge >= 0.3 is 0 Å². The molecule has 2 aromatic carbocycles. The Hall–Kier alpha value is -3.75. The number of nitrogen functional groups attached to an aromatic ring is 1. The van der Waals surface area contributed by atoms with Crippen molar-refractivity contribution < 1.29 is 14.3 Å². The van der Waals surface area contributed by atoms with E-state index >= 15 is 0 Å².